The largest absolute Gasteiger partial charge is 0.493 e. The fourth-order valence-corrected chi connectivity index (χ4v) is 5.69. The van der Waals surface area contributed by atoms with Crippen LogP contribution in [-0.2, 0) is 23.5 Å². The summed E-state index contributed by atoms with van der Waals surface area (Å²) in [4.78, 5) is 22.8. The number of fused-ring (bicyclic) bond motifs is 1. The number of hydrogen-bond donors (Lipinski definition) is 2. The highest BCUT2D eigenvalue weighted by Gasteiger charge is 2.24. The Balaban J connectivity index is 1.75. The molecule has 11 heteroatoms. The molecule has 1 aliphatic heterocycles. The van der Waals surface area contributed by atoms with Crippen LogP contribution in [0.5, 0.6) is 5.75 Å². The van der Waals surface area contributed by atoms with Crippen molar-refractivity contribution in [2.24, 2.45) is 18.9 Å². The molecule has 0 saturated carbocycles. The van der Waals surface area contributed by atoms with Crippen LogP contribution in [0.4, 0.5) is 0 Å². The van der Waals surface area contributed by atoms with Crippen LogP contribution in [-0.4, -0.2) is 66.4 Å². The van der Waals surface area contributed by atoms with Gasteiger partial charge in [-0.2, -0.15) is 5.10 Å². The van der Waals surface area contributed by atoms with Gasteiger partial charge >= 0.3 is 0 Å². The lowest BCUT2D eigenvalue weighted by Crippen LogP contribution is -2.30. The quantitative estimate of drug-likeness (QED) is 0.460. The number of nitrogens with zero attached hydrogens (tertiary/aromatic N) is 4. The Morgan fingerprint density at radius 1 is 1.29 bits per heavy atom. The molecule has 35 heavy (non-hydrogen) atoms. The van der Waals surface area contributed by atoms with Crippen LogP contribution in [0, 0.1) is 11.8 Å². The zero-order valence-electron chi connectivity index (χ0n) is 21.0. The predicted octanol–water partition coefficient (Wildman–Crippen LogP) is 2.15. The van der Waals surface area contributed by atoms with Crippen LogP contribution in [0.2, 0.25) is 0 Å². The van der Waals surface area contributed by atoms with Crippen LogP contribution in [0.15, 0.2) is 27.9 Å². The number of nitrogens with one attached hydrogen (secondary N) is 2. The highest BCUT2D eigenvalue weighted by Crippen LogP contribution is 2.31. The van der Waals surface area contributed by atoms with Crippen molar-refractivity contribution >= 4 is 21.1 Å². The number of benzene rings is 1. The van der Waals surface area contributed by atoms with E-state index in [1.54, 1.807) is 13.1 Å². The van der Waals surface area contributed by atoms with E-state index in [4.69, 9.17) is 9.72 Å². The molecule has 1 unspecified atom stereocenters. The molecule has 1 atom stereocenters. The summed E-state index contributed by atoms with van der Waals surface area (Å²) in [7, 11) is -0.00833. The van der Waals surface area contributed by atoms with Crippen LogP contribution in [0.25, 0.3) is 22.4 Å². The Bertz CT molecular complexity index is 1380. The van der Waals surface area contributed by atoms with Gasteiger partial charge in [-0.15, -0.1) is 0 Å². The summed E-state index contributed by atoms with van der Waals surface area (Å²) >= 11 is 0. The molecular weight excluding hydrogens is 468 g/mol. The molecule has 190 valence electrons. The maximum absolute atomic E-state index is 13.1. The zero-order valence-corrected chi connectivity index (χ0v) is 21.8. The van der Waals surface area contributed by atoms with Crippen molar-refractivity contribution in [2.45, 2.75) is 38.5 Å². The molecule has 10 nitrogen and oxygen atoms in total. The second-order valence-corrected chi connectivity index (χ2v) is 11.4. The van der Waals surface area contributed by atoms with Crippen molar-refractivity contribution in [1.82, 2.24) is 29.4 Å². The maximum atomic E-state index is 13.1. The molecular formula is C24H34N6O4S. The Kier molecular flexibility index (Phi) is 7.30. The van der Waals surface area contributed by atoms with Gasteiger partial charge in [0.15, 0.2) is 5.52 Å². The minimum Gasteiger partial charge on any atom is -0.493 e. The van der Waals surface area contributed by atoms with Gasteiger partial charge in [-0.1, -0.05) is 13.8 Å². The minimum absolute atomic E-state index is 0.0960. The standard InChI is InChI=1S/C24H34N6O4S/c1-6-34-20-8-7-17(35(32,33)25-13-16-9-10-29(4)14-16)12-18(20)23-26-21-19(11-15(2)3)28-30(5)22(21)24(31)27-23/h7-8,12,15-16,25H,6,9-11,13-14H2,1-5H3,(H,26,27,31). The first kappa shape index (κ1) is 25.3. The van der Waals surface area contributed by atoms with Crippen molar-refractivity contribution in [3.63, 3.8) is 0 Å². The van der Waals surface area contributed by atoms with E-state index in [0.717, 1.165) is 25.2 Å². The highest BCUT2D eigenvalue weighted by molar-refractivity contribution is 7.89. The average Bonchev–Trinajstić information content (AvgIpc) is 3.35. The van der Waals surface area contributed by atoms with Crippen LogP contribution >= 0.6 is 0 Å². The zero-order chi connectivity index (χ0) is 25.3. The van der Waals surface area contributed by atoms with E-state index in [1.807, 2.05) is 14.0 Å². The number of aromatic amines is 1. The van der Waals surface area contributed by atoms with Gasteiger partial charge in [0.2, 0.25) is 10.0 Å². The second kappa shape index (κ2) is 10.1. The second-order valence-electron chi connectivity index (χ2n) is 9.64. The van der Waals surface area contributed by atoms with Crippen LogP contribution in [0.3, 0.4) is 0 Å². The van der Waals surface area contributed by atoms with E-state index in [9.17, 15) is 13.2 Å². The van der Waals surface area contributed by atoms with Gasteiger partial charge in [-0.25, -0.2) is 18.1 Å². The van der Waals surface area contributed by atoms with E-state index < -0.39 is 10.0 Å². The molecule has 4 rings (SSSR count). The molecule has 1 saturated heterocycles. The molecule has 0 spiro atoms. The third-order valence-corrected chi connectivity index (χ3v) is 7.65. The molecule has 1 aliphatic rings. The van der Waals surface area contributed by atoms with Crippen LogP contribution in [0.1, 0.15) is 32.9 Å². The molecule has 0 amide bonds. The number of rotatable bonds is 9. The topological polar surface area (TPSA) is 122 Å². The molecule has 2 aromatic heterocycles. The predicted molar refractivity (Wildman–Crippen MR) is 135 cm³/mol. The van der Waals surface area contributed by atoms with E-state index in [0.29, 0.717) is 47.8 Å². The average molecular weight is 503 g/mol. The van der Waals surface area contributed by atoms with E-state index in [-0.39, 0.29) is 22.2 Å². The number of likely N-dealkylation sites (tertiary alicyclic amines) is 1. The lowest BCUT2D eigenvalue weighted by atomic mass is 10.1. The molecule has 0 radical (unpaired) electrons. The van der Waals surface area contributed by atoms with E-state index in [2.05, 4.69) is 33.6 Å². The Morgan fingerprint density at radius 3 is 2.71 bits per heavy atom. The van der Waals surface area contributed by atoms with Gasteiger partial charge in [-0.3, -0.25) is 9.48 Å². The first-order valence-corrected chi connectivity index (χ1v) is 13.5. The van der Waals surface area contributed by atoms with Gasteiger partial charge in [0.25, 0.3) is 5.56 Å². The Morgan fingerprint density at radius 2 is 2.06 bits per heavy atom. The molecule has 3 heterocycles. The van der Waals surface area contributed by atoms with Crippen molar-refractivity contribution in [1.29, 1.82) is 0 Å². The summed E-state index contributed by atoms with van der Waals surface area (Å²) in [5.74, 6) is 1.30. The lowest BCUT2D eigenvalue weighted by molar-refractivity contribution is 0.341. The summed E-state index contributed by atoms with van der Waals surface area (Å²) in [5.41, 5.74) is 1.70. The van der Waals surface area contributed by atoms with Gasteiger partial charge in [-0.05, 0) is 63.4 Å². The van der Waals surface area contributed by atoms with Crippen molar-refractivity contribution in [3.05, 3.63) is 34.2 Å². The monoisotopic (exact) mass is 502 g/mol. The lowest BCUT2D eigenvalue weighted by Gasteiger charge is -2.15. The smallest absolute Gasteiger partial charge is 0.277 e. The normalized spacial score (nSPS) is 17.0. The van der Waals surface area contributed by atoms with Crippen molar-refractivity contribution < 1.29 is 13.2 Å². The summed E-state index contributed by atoms with van der Waals surface area (Å²) in [6, 6.07) is 4.64. The van der Waals surface area contributed by atoms with Gasteiger partial charge in [0.1, 0.15) is 17.1 Å². The number of sulfonamides is 1. The Hall–Kier alpha value is -2.76. The fourth-order valence-electron chi connectivity index (χ4n) is 4.55. The summed E-state index contributed by atoms with van der Waals surface area (Å²) in [5, 5.41) is 4.50. The van der Waals surface area contributed by atoms with E-state index in [1.165, 1.54) is 16.8 Å². The Labute approximate surface area is 205 Å². The maximum Gasteiger partial charge on any atom is 0.277 e. The summed E-state index contributed by atoms with van der Waals surface area (Å²) in [6.07, 6.45) is 1.63. The summed E-state index contributed by atoms with van der Waals surface area (Å²) < 4.78 is 36.3. The molecule has 0 aliphatic carbocycles. The number of H-pyrrole nitrogens is 1. The summed E-state index contributed by atoms with van der Waals surface area (Å²) in [6.45, 7) is 8.59. The molecule has 3 aromatic rings. The van der Waals surface area contributed by atoms with Gasteiger partial charge < -0.3 is 14.6 Å². The van der Waals surface area contributed by atoms with Gasteiger partial charge in [0.05, 0.1) is 22.8 Å². The first-order chi connectivity index (χ1) is 16.6. The van der Waals surface area contributed by atoms with Crippen molar-refractivity contribution in [2.75, 3.05) is 33.3 Å². The molecule has 1 aromatic carbocycles. The number of aryl methyl sites for hydroxylation is 1. The molecule has 0 bridgehead atoms. The minimum atomic E-state index is -3.76. The number of hydrogen-bond acceptors (Lipinski definition) is 7. The number of aromatic nitrogens is 4. The third kappa shape index (κ3) is 5.41. The highest BCUT2D eigenvalue weighted by atomic mass is 32.2. The fraction of sp³-hybridized carbons (Fsp3) is 0.542. The van der Waals surface area contributed by atoms with Crippen LogP contribution < -0.4 is 15.0 Å². The number of ether oxygens (including phenoxy) is 1. The van der Waals surface area contributed by atoms with Crippen molar-refractivity contribution in [3.8, 4) is 17.1 Å². The van der Waals surface area contributed by atoms with Gasteiger partial charge in [0, 0.05) is 20.1 Å². The molecule has 1 fully saturated rings. The third-order valence-electron chi connectivity index (χ3n) is 6.23. The molecule has 2 N–H and O–H groups in total. The SMILES string of the molecule is CCOc1ccc(S(=O)(=O)NCC2CCN(C)C2)cc1-c1nc2c(CC(C)C)nn(C)c2c(=O)[nH]1. The van der Waals surface area contributed by atoms with E-state index >= 15 is 0 Å². The first-order valence-electron chi connectivity index (χ1n) is 12.0.